The average molecular weight is 236 g/mol. The van der Waals surface area contributed by atoms with Gasteiger partial charge in [-0.2, -0.15) is 0 Å². The smallest absolute Gasteiger partial charge is 0.168 e. The van der Waals surface area contributed by atoms with Crippen molar-refractivity contribution >= 4 is 5.78 Å². The van der Waals surface area contributed by atoms with Crippen molar-refractivity contribution in [3.63, 3.8) is 0 Å². The molecule has 1 heterocycles. The Hall–Kier alpha value is -1.55. The molecule has 0 aromatic heterocycles. The molecule has 1 saturated heterocycles. The first-order valence-corrected chi connectivity index (χ1v) is 5.67. The fourth-order valence-electron chi connectivity index (χ4n) is 1.93. The molecule has 4 nitrogen and oxygen atoms in total. The Balaban J connectivity index is 2.29. The highest BCUT2D eigenvalue weighted by Gasteiger charge is 2.27. The summed E-state index contributed by atoms with van der Waals surface area (Å²) in [6.07, 6.45) is 0. The van der Waals surface area contributed by atoms with Gasteiger partial charge in [0.05, 0.1) is 26.2 Å². The number of hydrogen-bond donors (Lipinski definition) is 0. The minimum atomic E-state index is -0.167. The van der Waals surface area contributed by atoms with E-state index < -0.39 is 0 Å². The summed E-state index contributed by atoms with van der Waals surface area (Å²) in [6.45, 7) is 3.14. The third-order valence-electron chi connectivity index (χ3n) is 2.81. The van der Waals surface area contributed by atoms with Crippen LogP contribution in [-0.2, 0) is 9.53 Å². The molecule has 0 aliphatic carbocycles. The van der Waals surface area contributed by atoms with E-state index in [1.807, 2.05) is 25.1 Å². The zero-order valence-corrected chi connectivity index (χ0v) is 10.1. The van der Waals surface area contributed by atoms with Crippen LogP contribution in [0.5, 0.6) is 11.5 Å². The highest BCUT2D eigenvalue weighted by molar-refractivity contribution is 5.88. The Morgan fingerprint density at radius 3 is 2.82 bits per heavy atom. The largest absolute Gasteiger partial charge is 0.493 e. The van der Waals surface area contributed by atoms with Crippen molar-refractivity contribution in [2.45, 2.75) is 12.8 Å². The van der Waals surface area contributed by atoms with Crippen LogP contribution in [0.2, 0.25) is 0 Å². The summed E-state index contributed by atoms with van der Waals surface area (Å²) in [4.78, 5) is 11.6. The lowest BCUT2D eigenvalue weighted by molar-refractivity contribution is -0.118. The number of ether oxygens (including phenoxy) is 3. The molecule has 2 rings (SSSR count). The van der Waals surface area contributed by atoms with Gasteiger partial charge in [0.15, 0.2) is 17.3 Å². The third-order valence-corrected chi connectivity index (χ3v) is 2.81. The fraction of sp³-hybridized carbons (Fsp3) is 0.462. The molecule has 1 aromatic carbocycles. The molecule has 1 aromatic rings. The highest BCUT2D eigenvalue weighted by Crippen LogP contribution is 2.32. The predicted octanol–water partition coefficient (Wildman–Crippen LogP) is 1.78. The molecule has 1 fully saturated rings. The van der Waals surface area contributed by atoms with Gasteiger partial charge in [-0.05, 0) is 24.6 Å². The topological polar surface area (TPSA) is 44.8 Å². The number of ketones is 1. The van der Waals surface area contributed by atoms with E-state index in [1.54, 1.807) is 7.11 Å². The van der Waals surface area contributed by atoms with E-state index in [-0.39, 0.29) is 18.3 Å². The maximum absolute atomic E-state index is 11.6. The number of methoxy groups -OCH3 is 1. The van der Waals surface area contributed by atoms with E-state index in [0.29, 0.717) is 24.7 Å². The number of carbonyl (C=O) groups excluding carboxylic acids is 1. The van der Waals surface area contributed by atoms with Crippen LogP contribution < -0.4 is 9.47 Å². The van der Waals surface area contributed by atoms with E-state index in [1.165, 1.54) is 0 Å². The molecular formula is C13H16O4. The van der Waals surface area contributed by atoms with E-state index in [0.717, 1.165) is 5.56 Å². The van der Waals surface area contributed by atoms with Gasteiger partial charge in [-0.3, -0.25) is 4.79 Å². The van der Waals surface area contributed by atoms with Gasteiger partial charge in [0.1, 0.15) is 6.61 Å². The summed E-state index contributed by atoms with van der Waals surface area (Å²) in [5, 5.41) is 0. The normalized spacial score (nSPS) is 19.4. The Labute approximate surface area is 100 Å². The SMILES string of the molecule is CCOc1cc(C2COCC2=O)ccc1OC. The second kappa shape index (κ2) is 5.19. The lowest BCUT2D eigenvalue weighted by atomic mass is 9.97. The predicted molar refractivity (Wildman–Crippen MR) is 62.7 cm³/mol. The lowest BCUT2D eigenvalue weighted by Crippen LogP contribution is -2.09. The van der Waals surface area contributed by atoms with E-state index in [4.69, 9.17) is 14.2 Å². The maximum atomic E-state index is 11.6. The summed E-state index contributed by atoms with van der Waals surface area (Å²) >= 11 is 0. The van der Waals surface area contributed by atoms with Crippen molar-refractivity contribution < 1.29 is 19.0 Å². The van der Waals surface area contributed by atoms with Gasteiger partial charge in [0.25, 0.3) is 0 Å². The molecule has 92 valence electrons. The highest BCUT2D eigenvalue weighted by atomic mass is 16.5. The minimum Gasteiger partial charge on any atom is -0.493 e. The van der Waals surface area contributed by atoms with Crippen molar-refractivity contribution in [1.29, 1.82) is 0 Å². The third kappa shape index (κ3) is 2.42. The molecule has 0 spiro atoms. The van der Waals surface area contributed by atoms with Gasteiger partial charge >= 0.3 is 0 Å². The molecule has 17 heavy (non-hydrogen) atoms. The zero-order chi connectivity index (χ0) is 12.3. The van der Waals surface area contributed by atoms with Crippen LogP contribution in [0.25, 0.3) is 0 Å². The minimum absolute atomic E-state index is 0.123. The number of benzene rings is 1. The molecule has 0 saturated carbocycles. The van der Waals surface area contributed by atoms with E-state index >= 15 is 0 Å². The summed E-state index contributed by atoms with van der Waals surface area (Å²) in [6, 6.07) is 5.57. The molecular weight excluding hydrogens is 220 g/mol. The van der Waals surface area contributed by atoms with Crippen LogP contribution in [0.3, 0.4) is 0 Å². The molecule has 0 bridgehead atoms. The van der Waals surface area contributed by atoms with Gasteiger partial charge in [-0.15, -0.1) is 0 Å². The Morgan fingerprint density at radius 2 is 2.24 bits per heavy atom. The number of Topliss-reactive ketones (excluding diaryl/α,β-unsaturated/α-hetero) is 1. The molecule has 1 atom stereocenters. The average Bonchev–Trinajstić information content (AvgIpc) is 2.76. The number of hydrogen-bond acceptors (Lipinski definition) is 4. The van der Waals surface area contributed by atoms with Crippen LogP contribution in [0.4, 0.5) is 0 Å². The first kappa shape index (κ1) is 11.9. The summed E-state index contributed by atoms with van der Waals surface area (Å²) < 4.78 is 15.8. The monoisotopic (exact) mass is 236 g/mol. The summed E-state index contributed by atoms with van der Waals surface area (Å²) in [5.41, 5.74) is 0.928. The molecule has 1 aliphatic heterocycles. The maximum Gasteiger partial charge on any atom is 0.168 e. The van der Waals surface area contributed by atoms with Crippen molar-refractivity contribution in [2.24, 2.45) is 0 Å². The summed E-state index contributed by atoms with van der Waals surface area (Å²) in [7, 11) is 1.60. The Bertz CT molecular complexity index is 414. The number of carbonyl (C=O) groups is 1. The standard InChI is InChI=1S/C13H16O4/c1-3-17-13-6-9(4-5-12(13)15-2)10-7-16-8-11(10)14/h4-6,10H,3,7-8H2,1-2H3. The summed E-state index contributed by atoms with van der Waals surface area (Å²) in [5.74, 6) is 1.31. The van der Waals surface area contributed by atoms with Crippen LogP contribution in [0.15, 0.2) is 18.2 Å². The second-order valence-corrected chi connectivity index (χ2v) is 3.88. The van der Waals surface area contributed by atoms with Gasteiger partial charge in [-0.25, -0.2) is 0 Å². The Morgan fingerprint density at radius 1 is 1.41 bits per heavy atom. The molecule has 1 aliphatic rings. The van der Waals surface area contributed by atoms with Crippen molar-refractivity contribution in [3.8, 4) is 11.5 Å². The Kier molecular flexibility index (Phi) is 3.64. The molecule has 1 unspecified atom stereocenters. The van der Waals surface area contributed by atoms with Gasteiger partial charge in [0.2, 0.25) is 0 Å². The molecule has 0 N–H and O–H groups in total. The van der Waals surface area contributed by atoms with E-state index in [9.17, 15) is 4.79 Å². The van der Waals surface area contributed by atoms with Crippen LogP contribution in [-0.4, -0.2) is 32.7 Å². The van der Waals surface area contributed by atoms with E-state index in [2.05, 4.69) is 0 Å². The second-order valence-electron chi connectivity index (χ2n) is 3.88. The van der Waals surface area contributed by atoms with Gasteiger partial charge in [-0.1, -0.05) is 6.07 Å². The van der Waals surface area contributed by atoms with Crippen molar-refractivity contribution in [2.75, 3.05) is 26.9 Å². The van der Waals surface area contributed by atoms with Crippen molar-refractivity contribution in [3.05, 3.63) is 23.8 Å². The van der Waals surface area contributed by atoms with Crippen molar-refractivity contribution in [1.82, 2.24) is 0 Å². The molecule has 0 amide bonds. The zero-order valence-electron chi connectivity index (χ0n) is 10.1. The quantitative estimate of drug-likeness (QED) is 0.799. The lowest BCUT2D eigenvalue weighted by Gasteiger charge is -2.13. The van der Waals surface area contributed by atoms with Crippen LogP contribution in [0, 0.1) is 0 Å². The first-order chi connectivity index (χ1) is 8.26. The molecule has 0 radical (unpaired) electrons. The number of rotatable bonds is 4. The van der Waals surface area contributed by atoms with Gasteiger partial charge in [0, 0.05) is 0 Å². The van der Waals surface area contributed by atoms with Crippen LogP contribution in [0.1, 0.15) is 18.4 Å². The van der Waals surface area contributed by atoms with Gasteiger partial charge < -0.3 is 14.2 Å². The van der Waals surface area contributed by atoms with Crippen LogP contribution >= 0.6 is 0 Å². The molecule has 4 heteroatoms. The first-order valence-electron chi connectivity index (χ1n) is 5.67. The fourth-order valence-corrected chi connectivity index (χ4v) is 1.93.